The maximum atomic E-state index is 13.9. The van der Waals surface area contributed by atoms with Crippen molar-refractivity contribution in [3.63, 3.8) is 0 Å². The Labute approximate surface area is 127 Å². The molecule has 1 aromatic carbocycles. The van der Waals surface area contributed by atoms with Crippen LogP contribution in [-0.2, 0) is 14.3 Å². The van der Waals surface area contributed by atoms with E-state index in [-0.39, 0.29) is 24.3 Å². The van der Waals surface area contributed by atoms with Gasteiger partial charge in [0.15, 0.2) is 0 Å². The molecular weight excluding hydrogens is 287 g/mol. The lowest BCUT2D eigenvalue weighted by molar-refractivity contribution is -0.144. The van der Waals surface area contributed by atoms with Crippen molar-refractivity contribution in [2.45, 2.75) is 12.5 Å². The van der Waals surface area contributed by atoms with Gasteiger partial charge >= 0.3 is 5.97 Å². The summed E-state index contributed by atoms with van der Waals surface area (Å²) in [5.74, 6) is -0.629. The zero-order chi connectivity index (χ0) is 15.5. The van der Waals surface area contributed by atoms with E-state index in [0.29, 0.717) is 25.2 Å². The molecule has 22 heavy (non-hydrogen) atoms. The molecule has 6 heteroatoms. The van der Waals surface area contributed by atoms with E-state index in [2.05, 4.69) is 14.6 Å². The molecule has 5 nitrogen and oxygen atoms in total. The Hall–Kier alpha value is -2.21. The number of para-hydroxylation sites is 1. The molecule has 1 fully saturated rings. The van der Waals surface area contributed by atoms with Gasteiger partial charge in [-0.1, -0.05) is 12.1 Å². The predicted molar refractivity (Wildman–Crippen MR) is 80.3 cm³/mol. The van der Waals surface area contributed by atoms with Crippen LogP contribution in [0.4, 0.5) is 10.1 Å². The lowest BCUT2D eigenvalue weighted by Gasteiger charge is -2.34. The fourth-order valence-corrected chi connectivity index (χ4v) is 2.73. The fourth-order valence-electron chi connectivity index (χ4n) is 2.73. The van der Waals surface area contributed by atoms with Crippen molar-refractivity contribution >= 4 is 22.6 Å². The average Bonchev–Trinajstić information content (AvgIpc) is 2.55. The highest BCUT2D eigenvalue weighted by Gasteiger charge is 2.24. The number of rotatable bonds is 3. The standard InChI is InChI=1S/C16H17FN2O3/c1-21-15(20)9-11-10-19(7-8-22-11)14-5-6-18-16-12(14)3-2-4-13(16)17/h2-6,11H,7-10H2,1H3/t11-/m1/s1. The third-order valence-corrected chi connectivity index (χ3v) is 3.80. The zero-order valence-electron chi connectivity index (χ0n) is 12.3. The minimum atomic E-state index is -0.335. The fraction of sp³-hybridized carbons (Fsp3) is 0.375. The minimum Gasteiger partial charge on any atom is -0.469 e. The highest BCUT2D eigenvalue weighted by Crippen LogP contribution is 2.28. The normalized spacial score (nSPS) is 18.5. The third-order valence-electron chi connectivity index (χ3n) is 3.80. The van der Waals surface area contributed by atoms with Gasteiger partial charge in [-0.2, -0.15) is 0 Å². The number of ether oxygens (including phenoxy) is 2. The number of nitrogens with zero attached hydrogens (tertiary/aromatic N) is 2. The number of aromatic nitrogens is 1. The van der Waals surface area contributed by atoms with E-state index in [1.165, 1.54) is 13.2 Å². The van der Waals surface area contributed by atoms with Gasteiger partial charge in [0.1, 0.15) is 11.3 Å². The van der Waals surface area contributed by atoms with Crippen LogP contribution in [0.2, 0.25) is 0 Å². The highest BCUT2D eigenvalue weighted by atomic mass is 19.1. The first-order valence-electron chi connectivity index (χ1n) is 7.15. The van der Waals surface area contributed by atoms with Gasteiger partial charge in [0, 0.05) is 30.4 Å². The molecule has 0 aliphatic carbocycles. The van der Waals surface area contributed by atoms with Crippen LogP contribution in [0.3, 0.4) is 0 Å². The monoisotopic (exact) mass is 304 g/mol. The third kappa shape index (κ3) is 2.87. The van der Waals surface area contributed by atoms with Gasteiger partial charge in [-0.15, -0.1) is 0 Å². The summed E-state index contributed by atoms with van der Waals surface area (Å²) in [5, 5.41) is 0.765. The number of halogens is 1. The van der Waals surface area contributed by atoms with Gasteiger partial charge in [-0.3, -0.25) is 9.78 Å². The van der Waals surface area contributed by atoms with Crippen LogP contribution in [0.1, 0.15) is 6.42 Å². The van der Waals surface area contributed by atoms with Gasteiger partial charge in [0.05, 0.1) is 26.2 Å². The van der Waals surface area contributed by atoms with Crippen molar-refractivity contribution in [1.82, 2.24) is 4.98 Å². The predicted octanol–water partition coefficient (Wildman–Crippen LogP) is 2.14. The maximum absolute atomic E-state index is 13.9. The Morgan fingerprint density at radius 3 is 3.18 bits per heavy atom. The quantitative estimate of drug-likeness (QED) is 0.813. The van der Waals surface area contributed by atoms with Crippen LogP contribution in [0.15, 0.2) is 30.5 Å². The molecule has 0 saturated carbocycles. The summed E-state index contributed by atoms with van der Waals surface area (Å²) in [6.45, 7) is 1.76. The number of morpholine rings is 1. The summed E-state index contributed by atoms with van der Waals surface area (Å²) in [6, 6.07) is 6.79. The lowest BCUT2D eigenvalue weighted by Crippen LogP contribution is -2.43. The number of carbonyl (C=O) groups excluding carboxylic acids is 1. The Morgan fingerprint density at radius 1 is 1.50 bits per heavy atom. The Kier molecular flexibility index (Phi) is 4.20. The molecule has 0 bridgehead atoms. The highest BCUT2D eigenvalue weighted by molar-refractivity contribution is 5.91. The molecule has 2 aromatic rings. The summed E-state index contributed by atoms with van der Waals surface area (Å²) in [4.78, 5) is 17.6. The second-order valence-corrected chi connectivity index (χ2v) is 5.19. The van der Waals surface area contributed by atoms with Crippen LogP contribution < -0.4 is 4.90 Å². The van der Waals surface area contributed by atoms with Crippen LogP contribution >= 0.6 is 0 Å². The van der Waals surface area contributed by atoms with Crippen molar-refractivity contribution < 1.29 is 18.7 Å². The number of pyridine rings is 1. The Balaban J connectivity index is 1.87. The number of esters is 1. The molecule has 0 unspecified atom stereocenters. The summed E-state index contributed by atoms with van der Waals surface area (Å²) in [7, 11) is 1.36. The van der Waals surface area contributed by atoms with Gasteiger partial charge in [-0.25, -0.2) is 4.39 Å². The molecule has 1 saturated heterocycles. The molecule has 3 rings (SSSR count). The zero-order valence-corrected chi connectivity index (χ0v) is 12.3. The molecule has 1 aromatic heterocycles. The number of benzene rings is 1. The lowest BCUT2D eigenvalue weighted by atomic mass is 10.1. The SMILES string of the molecule is COC(=O)C[C@@H]1CN(c2ccnc3c(F)cccc23)CCO1. The molecular formula is C16H17FN2O3. The second-order valence-electron chi connectivity index (χ2n) is 5.19. The molecule has 2 heterocycles. The van der Waals surface area contributed by atoms with Crippen molar-refractivity contribution in [3.05, 3.63) is 36.3 Å². The summed E-state index contributed by atoms with van der Waals surface area (Å²) in [6.07, 6.45) is 1.59. The smallest absolute Gasteiger partial charge is 0.308 e. The van der Waals surface area contributed by atoms with Gasteiger partial charge in [0.25, 0.3) is 0 Å². The molecule has 0 radical (unpaired) electrons. The molecule has 1 aliphatic rings. The van der Waals surface area contributed by atoms with Crippen molar-refractivity contribution in [2.24, 2.45) is 0 Å². The van der Waals surface area contributed by atoms with Crippen molar-refractivity contribution in [2.75, 3.05) is 31.7 Å². The van der Waals surface area contributed by atoms with Gasteiger partial charge in [-0.05, 0) is 12.1 Å². The molecule has 116 valence electrons. The Bertz CT molecular complexity index is 692. The van der Waals surface area contributed by atoms with Crippen LogP contribution in [0.5, 0.6) is 0 Å². The first kappa shape index (κ1) is 14.7. The molecule has 1 atom stereocenters. The van der Waals surface area contributed by atoms with Gasteiger partial charge in [0.2, 0.25) is 0 Å². The Morgan fingerprint density at radius 2 is 2.36 bits per heavy atom. The maximum Gasteiger partial charge on any atom is 0.308 e. The minimum absolute atomic E-state index is 0.213. The largest absolute Gasteiger partial charge is 0.469 e. The van der Waals surface area contributed by atoms with Crippen LogP contribution in [0.25, 0.3) is 10.9 Å². The van der Waals surface area contributed by atoms with Crippen molar-refractivity contribution in [3.8, 4) is 0 Å². The summed E-state index contributed by atoms with van der Waals surface area (Å²) in [5.41, 5.74) is 1.26. The number of carbonyl (C=O) groups is 1. The van der Waals surface area contributed by atoms with Crippen LogP contribution in [-0.4, -0.2) is 43.9 Å². The molecule has 1 aliphatic heterocycles. The molecule has 0 spiro atoms. The number of methoxy groups -OCH3 is 1. The van der Waals surface area contributed by atoms with E-state index in [1.54, 1.807) is 12.3 Å². The van der Waals surface area contributed by atoms with Crippen molar-refractivity contribution in [1.29, 1.82) is 0 Å². The summed E-state index contributed by atoms with van der Waals surface area (Å²) >= 11 is 0. The number of fused-ring (bicyclic) bond motifs is 1. The number of hydrogen-bond donors (Lipinski definition) is 0. The summed E-state index contributed by atoms with van der Waals surface area (Å²) < 4.78 is 24.1. The number of anilines is 1. The first-order valence-corrected chi connectivity index (χ1v) is 7.15. The molecule has 0 N–H and O–H groups in total. The van der Waals surface area contributed by atoms with Crippen LogP contribution in [0, 0.1) is 5.82 Å². The second kappa shape index (κ2) is 6.27. The average molecular weight is 304 g/mol. The van der Waals surface area contributed by atoms with E-state index in [4.69, 9.17) is 4.74 Å². The van der Waals surface area contributed by atoms with E-state index < -0.39 is 0 Å². The van der Waals surface area contributed by atoms with Gasteiger partial charge < -0.3 is 14.4 Å². The van der Waals surface area contributed by atoms with E-state index in [1.807, 2.05) is 12.1 Å². The topological polar surface area (TPSA) is 51.7 Å². The molecule has 0 amide bonds. The van der Waals surface area contributed by atoms with E-state index in [9.17, 15) is 9.18 Å². The number of hydrogen-bond acceptors (Lipinski definition) is 5. The van der Waals surface area contributed by atoms with E-state index in [0.717, 1.165) is 11.1 Å². The first-order chi connectivity index (χ1) is 10.7. The van der Waals surface area contributed by atoms with E-state index >= 15 is 0 Å².